The fraction of sp³-hybridized carbons (Fsp3) is 0.809. The lowest BCUT2D eigenvalue weighted by atomic mass is 9.47. The molecule has 0 aromatic rings. The van der Waals surface area contributed by atoms with Gasteiger partial charge in [-0.1, -0.05) is 141 Å². The fourth-order valence-electron chi connectivity index (χ4n) is 11.2. The Balaban J connectivity index is 1.09. The molecule has 2 heteroatoms. The van der Waals surface area contributed by atoms with Crippen molar-refractivity contribution in [3.05, 3.63) is 48.1 Å². The molecule has 8 atom stereocenters. The second-order valence-corrected chi connectivity index (χ2v) is 18.0. The van der Waals surface area contributed by atoms with E-state index >= 15 is 0 Å². The normalized spacial score (nSPS) is 32.1. The summed E-state index contributed by atoms with van der Waals surface area (Å²) in [6, 6.07) is 0. The van der Waals surface area contributed by atoms with Crippen molar-refractivity contribution >= 4 is 5.97 Å². The van der Waals surface area contributed by atoms with Crippen molar-refractivity contribution in [3.63, 3.8) is 0 Å². The minimum absolute atomic E-state index is 0.0508. The Labute approximate surface area is 304 Å². The number of rotatable bonds is 21. The lowest BCUT2D eigenvalue weighted by Gasteiger charge is -2.58. The Morgan fingerprint density at radius 1 is 0.796 bits per heavy atom. The summed E-state index contributed by atoms with van der Waals surface area (Å²) in [5.41, 5.74) is 2.52. The molecule has 0 heterocycles. The summed E-state index contributed by atoms with van der Waals surface area (Å²) in [6.07, 6.45) is 44.6. The highest BCUT2D eigenvalue weighted by molar-refractivity contribution is 5.69. The molecule has 4 rings (SSSR count). The van der Waals surface area contributed by atoms with E-state index < -0.39 is 0 Å². The third-order valence-electron chi connectivity index (χ3n) is 14.1. The van der Waals surface area contributed by atoms with Crippen molar-refractivity contribution in [1.82, 2.24) is 0 Å². The maximum Gasteiger partial charge on any atom is 0.306 e. The van der Waals surface area contributed by atoms with Gasteiger partial charge in [-0.15, -0.1) is 0 Å². The molecule has 0 aliphatic heterocycles. The molecule has 4 aliphatic carbocycles. The number of fused-ring (bicyclic) bond motifs is 5. The summed E-state index contributed by atoms with van der Waals surface area (Å²) >= 11 is 0. The highest BCUT2D eigenvalue weighted by atomic mass is 16.5. The van der Waals surface area contributed by atoms with Crippen LogP contribution in [0.5, 0.6) is 0 Å². The summed E-state index contributed by atoms with van der Waals surface area (Å²) in [7, 11) is 0. The molecule has 0 bridgehead atoms. The molecule has 2 nitrogen and oxygen atoms in total. The van der Waals surface area contributed by atoms with Crippen molar-refractivity contribution in [2.24, 2.45) is 46.3 Å². The van der Waals surface area contributed by atoms with Gasteiger partial charge in [0.25, 0.3) is 0 Å². The van der Waals surface area contributed by atoms with E-state index in [1.165, 1.54) is 96.3 Å². The second kappa shape index (κ2) is 20.5. The van der Waals surface area contributed by atoms with Gasteiger partial charge in [-0.2, -0.15) is 0 Å². The van der Waals surface area contributed by atoms with E-state index in [1.807, 2.05) is 0 Å². The van der Waals surface area contributed by atoms with Crippen molar-refractivity contribution in [3.8, 4) is 0 Å². The highest BCUT2D eigenvalue weighted by Crippen LogP contribution is 2.67. The fourth-order valence-corrected chi connectivity index (χ4v) is 11.2. The Morgan fingerprint density at radius 2 is 1.49 bits per heavy atom. The summed E-state index contributed by atoms with van der Waals surface area (Å²) in [5.74, 6) is 5.29. The molecule has 0 aromatic carbocycles. The van der Waals surface area contributed by atoms with E-state index in [-0.39, 0.29) is 12.1 Å². The molecule has 0 radical (unpaired) electrons. The van der Waals surface area contributed by atoms with Crippen LogP contribution in [0.25, 0.3) is 0 Å². The first-order valence-corrected chi connectivity index (χ1v) is 21.5. The molecule has 4 aliphatic rings. The van der Waals surface area contributed by atoms with E-state index in [2.05, 4.69) is 84.1 Å². The molecular formula is C47H78O2. The topological polar surface area (TPSA) is 26.3 Å². The number of allylic oxidation sites excluding steroid dienone is 7. The van der Waals surface area contributed by atoms with E-state index in [1.54, 1.807) is 5.57 Å². The zero-order valence-corrected chi connectivity index (χ0v) is 33.2. The molecule has 0 amide bonds. The van der Waals surface area contributed by atoms with E-state index in [0.717, 1.165) is 80.5 Å². The minimum Gasteiger partial charge on any atom is -0.462 e. The molecule has 0 N–H and O–H groups in total. The van der Waals surface area contributed by atoms with E-state index in [0.29, 0.717) is 17.3 Å². The van der Waals surface area contributed by atoms with Gasteiger partial charge in [-0.25, -0.2) is 0 Å². The Morgan fingerprint density at radius 3 is 2.22 bits per heavy atom. The molecule has 278 valence electrons. The Hall–Kier alpha value is -1.57. The van der Waals surface area contributed by atoms with Crippen LogP contribution in [0.3, 0.4) is 0 Å². The van der Waals surface area contributed by atoms with Crippen molar-refractivity contribution in [1.29, 1.82) is 0 Å². The lowest BCUT2D eigenvalue weighted by molar-refractivity contribution is -0.151. The van der Waals surface area contributed by atoms with Crippen LogP contribution < -0.4 is 0 Å². The Bertz CT molecular complexity index is 1090. The van der Waals surface area contributed by atoms with Crippen LogP contribution >= 0.6 is 0 Å². The lowest BCUT2D eigenvalue weighted by Crippen LogP contribution is -2.51. The minimum atomic E-state index is 0.0508. The van der Waals surface area contributed by atoms with Crippen LogP contribution in [0.2, 0.25) is 0 Å². The number of esters is 1. The molecule has 3 fully saturated rings. The second-order valence-electron chi connectivity index (χ2n) is 18.0. The zero-order valence-electron chi connectivity index (χ0n) is 33.2. The number of ether oxygens (including phenoxy) is 1. The van der Waals surface area contributed by atoms with Crippen LogP contribution in [-0.4, -0.2) is 12.1 Å². The average molecular weight is 675 g/mol. The van der Waals surface area contributed by atoms with Gasteiger partial charge in [-0.05, 0) is 130 Å². The molecule has 3 saturated carbocycles. The predicted molar refractivity (Wildman–Crippen MR) is 211 cm³/mol. The largest absolute Gasteiger partial charge is 0.462 e. The van der Waals surface area contributed by atoms with Crippen LogP contribution in [0.15, 0.2) is 48.1 Å². The van der Waals surface area contributed by atoms with Crippen LogP contribution in [0.1, 0.15) is 189 Å². The number of carbonyl (C=O) groups is 1. The third kappa shape index (κ3) is 11.5. The summed E-state index contributed by atoms with van der Waals surface area (Å²) in [5, 5.41) is 0. The summed E-state index contributed by atoms with van der Waals surface area (Å²) < 4.78 is 6.13. The molecule has 0 saturated heterocycles. The zero-order chi connectivity index (χ0) is 35.1. The third-order valence-corrected chi connectivity index (χ3v) is 14.1. The number of unbranched alkanes of at least 4 members (excludes halogenated alkanes) is 7. The molecular weight excluding hydrogens is 597 g/mol. The molecule has 0 unspecified atom stereocenters. The SMILES string of the molecule is CC/C=C/C/C=C/C/C=C/CCCCCCCCCC(=O)O[C@H]1CC[C@@]2(C)C(=CC[C@H]3[C@@H]4CC[C@H]([C@H](C)CCCC(C)C)[C@@]4(C)CC[C@@H]32)C1. The standard InChI is InChI=1S/C47H78O2/c1-7-8-9-10-11-12-13-14-15-16-17-18-19-20-21-22-23-27-45(48)49-40-32-34-46(5)39(36-40)28-29-41-43-31-30-42(38(4)26-24-25-37(2)3)47(43,6)35-33-44(41)46/h8-9,11-12,14-15,28,37-38,40-44H,7,10,13,16-27,29-36H2,1-6H3/b9-8+,12-11+,15-14+/t38-,40+,41+,42-,43+,44+,46+,47-/m1/s1. The highest BCUT2D eigenvalue weighted by Gasteiger charge is 2.59. The van der Waals surface area contributed by atoms with E-state index in [9.17, 15) is 4.79 Å². The monoisotopic (exact) mass is 675 g/mol. The first-order chi connectivity index (χ1) is 23.7. The van der Waals surface area contributed by atoms with Gasteiger partial charge in [0.05, 0.1) is 0 Å². The molecule has 0 aromatic heterocycles. The maximum absolute atomic E-state index is 12.8. The smallest absolute Gasteiger partial charge is 0.306 e. The van der Waals surface area contributed by atoms with E-state index in [4.69, 9.17) is 4.74 Å². The van der Waals surface area contributed by atoms with Gasteiger partial charge in [0.2, 0.25) is 0 Å². The number of hydrogen-bond acceptors (Lipinski definition) is 2. The average Bonchev–Trinajstić information content (AvgIpc) is 3.43. The summed E-state index contributed by atoms with van der Waals surface area (Å²) in [6.45, 7) is 14.8. The van der Waals surface area contributed by atoms with Gasteiger partial charge >= 0.3 is 5.97 Å². The van der Waals surface area contributed by atoms with Crippen molar-refractivity contribution in [2.75, 3.05) is 0 Å². The summed E-state index contributed by atoms with van der Waals surface area (Å²) in [4.78, 5) is 12.8. The number of hydrogen-bond donors (Lipinski definition) is 0. The number of carbonyl (C=O) groups excluding carboxylic acids is 1. The predicted octanol–water partition coefficient (Wildman–Crippen LogP) is 14.3. The first kappa shape index (κ1) is 40.2. The van der Waals surface area contributed by atoms with Crippen LogP contribution in [-0.2, 0) is 9.53 Å². The van der Waals surface area contributed by atoms with Crippen molar-refractivity contribution in [2.45, 2.75) is 195 Å². The van der Waals surface area contributed by atoms with Gasteiger partial charge in [0, 0.05) is 12.8 Å². The van der Waals surface area contributed by atoms with Gasteiger partial charge in [0.15, 0.2) is 0 Å². The quantitative estimate of drug-likeness (QED) is 0.0688. The van der Waals surface area contributed by atoms with Gasteiger partial charge in [0.1, 0.15) is 6.10 Å². The van der Waals surface area contributed by atoms with Crippen LogP contribution in [0.4, 0.5) is 0 Å². The van der Waals surface area contributed by atoms with Crippen LogP contribution in [0, 0.1) is 46.3 Å². The van der Waals surface area contributed by atoms with Crippen molar-refractivity contribution < 1.29 is 9.53 Å². The maximum atomic E-state index is 12.8. The van der Waals surface area contributed by atoms with Gasteiger partial charge < -0.3 is 4.74 Å². The first-order valence-electron chi connectivity index (χ1n) is 21.5. The molecule has 49 heavy (non-hydrogen) atoms. The molecule has 0 spiro atoms. The Kier molecular flexibility index (Phi) is 16.8. The van der Waals surface area contributed by atoms with Gasteiger partial charge in [-0.3, -0.25) is 4.79 Å².